The van der Waals surface area contributed by atoms with Crippen molar-refractivity contribution in [2.75, 3.05) is 30.5 Å². The molecule has 138 valence electrons. The van der Waals surface area contributed by atoms with Gasteiger partial charge < -0.3 is 9.64 Å². The van der Waals surface area contributed by atoms with E-state index in [1.165, 1.54) is 12.0 Å². The van der Waals surface area contributed by atoms with Crippen LogP contribution in [-0.2, 0) is 0 Å². The lowest BCUT2D eigenvalue weighted by Crippen LogP contribution is -2.31. The average molecular weight is 354 g/mol. The third kappa shape index (κ3) is 4.68. The van der Waals surface area contributed by atoms with Gasteiger partial charge in [-0.3, -0.25) is 0 Å². The van der Waals surface area contributed by atoms with Crippen molar-refractivity contribution < 1.29 is 4.74 Å². The summed E-state index contributed by atoms with van der Waals surface area (Å²) in [5, 5.41) is 4.25. The highest BCUT2D eigenvalue weighted by atomic mass is 16.5. The molecule has 1 aromatic heterocycles. The molecule has 0 saturated carbocycles. The van der Waals surface area contributed by atoms with Gasteiger partial charge in [-0.15, -0.1) is 0 Å². The van der Waals surface area contributed by atoms with Crippen molar-refractivity contribution in [3.05, 3.63) is 35.4 Å². The van der Waals surface area contributed by atoms with Crippen molar-refractivity contribution >= 4 is 18.1 Å². The topological polar surface area (TPSA) is 75.5 Å². The molecule has 0 atom stereocenters. The number of hydrogen-bond donors (Lipinski definition) is 1. The van der Waals surface area contributed by atoms with E-state index in [-0.39, 0.29) is 0 Å². The molecule has 1 N–H and O–H groups in total. The second-order valence-electron chi connectivity index (χ2n) is 6.68. The molecule has 1 fully saturated rings. The standard InChI is InChI=1S/C19H26N6O/c1-14(2)16-9-7-15(8-10-16)13-20-24-17-21-18(23-19(22-17)26-3)25-11-5-4-6-12-25/h7-10,13-14H,4-6,11-12H2,1-3H3,(H,21,22,23,24)/b20-13-. The number of rotatable bonds is 6. The number of benzene rings is 1. The molecule has 0 radical (unpaired) electrons. The second-order valence-corrected chi connectivity index (χ2v) is 6.68. The number of hydrazone groups is 1. The lowest BCUT2D eigenvalue weighted by atomic mass is 10.0. The number of hydrogen-bond acceptors (Lipinski definition) is 7. The molecule has 26 heavy (non-hydrogen) atoms. The van der Waals surface area contributed by atoms with Crippen LogP contribution in [0.5, 0.6) is 6.01 Å². The number of methoxy groups -OCH3 is 1. The molecule has 1 aliphatic heterocycles. The van der Waals surface area contributed by atoms with Gasteiger partial charge in [0, 0.05) is 13.1 Å². The summed E-state index contributed by atoms with van der Waals surface area (Å²) in [5.74, 6) is 1.54. The second kappa shape index (κ2) is 8.60. The molecule has 3 rings (SSSR count). The van der Waals surface area contributed by atoms with Gasteiger partial charge in [-0.05, 0) is 36.3 Å². The SMILES string of the molecule is COc1nc(N/N=C\c2ccc(C(C)C)cc2)nc(N2CCCCC2)n1. The molecule has 0 spiro atoms. The van der Waals surface area contributed by atoms with Gasteiger partial charge in [0.05, 0.1) is 13.3 Å². The highest BCUT2D eigenvalue weighted by molar-refractivity contribution is 5.80. The van der Waals surface area contributed by atoms with E-state index in [0.29, 0.717) is 23.8 Å². The third-order valence-electron chi connectivity index (χ3n) is 4.41. The Morgan fingerprint density at radius 2 is 1.81 bits per heavy atom. The van der Waals surface area contributed by atoms with Gasteiger partial charge in [0.1, 0.15) is 0 Å². The molecule has 0 aliphatic carbocycles. The van der Waals surface area contributed by atoms with Crippen LogP contribution in [0.2, 0.25) is 0 Å². The summed E-state index contributed by atoms with van der Waals surface area (Å²) >= 11 is 0. The van der Waals surface area contributed by atoms with Crippen LogP contribution in [0.25, 0.3) is 0 Å². The molecule has 2 aromatic rings. The van der Waals surface area contributed by atoms with Crippen molar-refractivity contribution in [3.8, 4) is 6.01 Å². The molecule has 2 heterocycles. The first-order chi connectivity index (χ1) is 12.7. The minimum Gasteiger partial charge on any atom is -0.467 e. The lowest BCUT2D eigenvalue weighted by Gasteiger charge is -2.26. The first-order valence-electron chi connectivity index (χ1n) is 9.10. The van der Waals surface area contributed by atoms with E-state index in [1.807, 2.05) is 12.1 Å². The Hall–Kier alpha value is -2.70. The molecule has 1 saturated heterocycles. The van der Waals surface area contributed by atoms with Crippen molar-refractivity contribution in [1.82, 2.24) is 15.0 Å². The Kier molecular flexibility index (Phi) is 5.99. The van der Waals surface area contributed by atoms with Gasteiger partial charge in [-0.1, -0.05) is 38.1 Å². The minimum atomic E-state index is 0.291. The maximum absolute atomic E-state index is 5.21. The molecular formula is C19H26N6O. The number of nitrogens with zero attached hydrogens (tertiary/aromatic N) is 5. The summed E-state index contributed by atoms with van der Waals surface area (Å²) < 4.78 is 5.21. The largest absolute Gasteiger partial charge is 0.467 e. The van der Waals surface area contributed by atoms with Gasteiger partial charge in [0.2, 0.25) is 5.95 Å². The maximum Gasteiger partial charge on any atom is 0.322 e. The van der Waals surface area contributed by atoms with Crippen LogP contribution in [0.15, 0.2) is 29.4 Å². The van der Waals surface area contributed by atoms with E-state index in [9.17, 15) is 0 Å². The predicted octanol–water partition coefficient (Wildman–Crippen LogP) is 3.44. The molecule has 0 bridgehead atoms. The van der Waals surface area contributed by atoms with Crippen molar-refractivity contribution in [3.63, 3.8) is 0 Å². The smallest absolute Gasteiger partial charge is 0.322 e. The molecule has 0 unspecified atom stereocenters. The first-order valence-corrected chi connectivity index (χ1v) is 9.10. The summed E-state index contributed by atoms with van der Waals surface area (Å²) in [4.78, 5) is 15.2. The molecule has 7 nitrogen and oxygen atoms in total. The number of piperidine rings is 1. The van der Waals surface area contributed by atoms with Crippen molar-refractivity contribution in [2.45, 2.75) is 39.0 Å². The molecular weight excluding hydrogens is 328 g/mol. The van der Waals surface area contributed by atoms with Gasteiger partial charge >= 0.3 is 6.01 Å². The zero-order chi connectivity index (χ0) is 18.4. The van der Waals surface area contributed by atoms with E-state index in [2.05, 4.69) is 56.4 Å². The zero-order valence-corrected chi connectivity index (χ0v) is 15.6. The molecule has 1 aliphatic rings. The maximum atomic E-state index is 5.21. The van der Waals surface area contributed by atoms with E-state index < -0.39 is 0 Å². The Balaban J connectivity index is 1.70. The number of nitrogens with one attached hydrogen (secondary N) is 1. The van der Waals surface area contributed by atoms with Crippen molar-refractivity contribution in [2.24, 2.45) is 5.10 Å². The zero-order valence-electron chi connectivity index (χ0n) is 15.6. The summed E-state index contributed by atoms with van der Waals surface area (Å²) in [6.45, 7) is 6.27. The summed E-state index contributed by atoms with van der Waals surface area (Å²) in [7, 11) is 1.55. The number of ether oxygens (including phenoxy) is 1. The molecule has 7 heteroatoms. The minimum absolute atomic E-state index is 0.291. The normalized spacial score (nSPS) is 14.8. The summed E-state index contributed by atoms with van der Waals surface area (Å²) in [5.41, 5.74) is 5.21. The summed E-state index contributed by atoms with van der Waals surface area (Å²) in [6.07, 6.45) is 5.31. The first kappa shape index (κ1) is 18.1. The Bertz CT molecular complexity index is 738. The molecule has 0 amide bonds. The van der Waals surface area contributed by atoms with Crippen LogP contribution in [0.3, 0.4) is 0 Å². The van der Waals surface area contributed by atoms with Crippen LogP contribution in [0.4, 0.5) is 11.9 Å². The van der Waals surface area contributed by atoms with Crippen LogP contribution < -0.4 is 15.1 Å². The monoisotopic (exact) mass is 354 g/mol. The van der Waals surface area contributed by atoms with Crippen LogP contribution in [-0.4, -0.2) is 41.4 Å². The Labute approximate surface area is 154 Å². The van der Waals surface area contributed by atoms with E-state index >= 15 is 0 Å². The molecule has 1 aromatic carbocycles. The Morgan fingerprint density at radius 1 is 1.08 bits per heavy atom. The van der Waals surface area contributed by atoms with E-state index in [0.717, 1.165) is 31.5 Å². The fraction of sp³-hybridized carbons (Fsp3) is 0.474. The fourth-order valence-corrected chi connectivity index (χ4v) is 2.85. The summed E-state index contributed by atoms with van der Waals surface area (Å²) in [6, 6.07) is 8.62. The fourth-order valence-electron chi connectivity index (χ4n) is 2.85. The predicted molar refractivity (Wildman–Crippen MR) is 104 cm³/mol. The van der Waals surface area contributed by atoms with Gasteiger partial charge in [0.25, 0.3) is 5.95 Å². The number of anilines is 2. The van der Waals surface area contributed by atoms with E-state index in [4.69, 9.17) is 4.74 Å². The highest BCUT2D eigenvalue weighted by Crippen LogP contribution is 2.19. The van der Waals surface area contributed by atoms with Crippen molar-refractivity contribution in [1.29, 1.82) is 0 Å². The highest BCUT2D eigenvalue weighted by Gasteiger charge is 2.16. The van der Waals surface area contributed by atoms with E-state index in [1.54, 1.807) is 13.3 Å². The van der Waals surface area contributed by atoms with Gasteiger partial charge in [-0.25, -0.2) is 5.43 Å². The number of aromatic nitrogens is 3. The quantitative estimate of drug-likeness (QED) is 0.633. The van der Waals surface area contributed by atoms with Crippen LogP contribution in [0, 0.1) is 0 Å². The van der Waals surface area contributed by atoms with Gasteiger partial charge in [0.15, 0.2) is 0 Å². The average Bonchev–Trinajstić information content (AvgIpc) is 2.69. The third-order valence-corrected chi connectivity index (χ3v) is 4.41. The lowest BCUT2D eigenvalue weighted by molar-refractivity contribution is 0.378. The van der Waals surface area contributed by atoms with Crippen LogP contribution in [0.1, 0.15) is 50.2 Å². The van der Waals surface area contributed by atoms with Gasteiger partial charge in [-0.2, -0.15) is 20.1 Å². The Morgan fingerprint density at radius 3 is 2.46 bits per heavy atom. The van der Waals surface area contributed by atoms with Crippen LogP contribution >= 0.6 is 0 Å².